The smallest absolute Gasteiger partial charge is 0.0756 e. The summed E-state index contributed by atoms with van der Waals surface area (Å²) in [5.41, 5.74) is 0. The second kappa shape index (κ2) is 4.63. The molecule has 0 aromatic carbocycles. The molecule has 2 rings (SSSR count). The third kappa shape index (κ3) is 1.96. The summed E-state index contributed by atoms with van der Waals surface area (Å²) in [7, 11) is 0. The van der Waals surface area contributed by atoms with Crippen LogP contribution in [0, 0.1) is 11.8 Å². The van der Waals surface area contributed by atoms with Crippen LogP contribution in [0.5, 0.6) is 0 Å². The average Bonchev–Trinajstić information content (AvgIpc) is 2.47. The van der Waals surface area contributed by atoms with Gasteiger partial charge in [0.25, 0.3) is 0 Å². The van der Waals surface area contributed by atoms with Gasteiger partial charge < -0.3 is 10.1 Å². The summed E-state index contributed by atoms with van der Waals surface area (Å²) in [6, 6.07) is 0.631. The van der Waals surface area contributed by atoms with Gasteiger partial charge in [0.1, 0.15) is 0 Å². The molecule has 1 heterocycles. The van der Waals surface area contributed by atoms with Crippen molar-refractivity contribution in [1.82, 2.24) is 5.32 Å². The maximum Gasteiger partial charge on any atom is 0.0756 e. The maximum absolute atomic E-state index is 5.87. The van der Waals surface area contributed by atoms with E-state index in [1.165, 1.54) is 25.7 Å². The molecule has 0 aromatic rings. The molecule has 14 heavy (non-hydrogen) atoms. The predicted molar refractivity (Wildman–Crippen MR) is 58.3 cm³/mol. The van der Waals surface area contributed by atoms with Gasteiger partial charge in [0.15, 0.2) is 0 Å². The van der Waals surface area contributed by atoms with Crippen LogP contribution in [0.25, 0.3) is 0 Å². The molecule has 1 N–H and O–H groups in total. The summed E-state index contributed by atoms with van der Waals surface area (Å²) < 4.78 is 5.87. The van der Waals surface area contributed by atoms with Crippen LogP contribution < -0.4 is 5.32 Å². The van der Waals surface area contributed by atoms with Crippen LogP contribution in [0.2, 0.25) is 0 Å². The molecular weight excluding hydrogens is 174 g/mol. The molecule has 2 nitrogen and oxygen atoms in total. The van der Waals surface area contributed by atoms with Crippen molar-refractivity contribution in [2.24, 2.45) is 11.8 Å². The van der Waals surface area contributed by atoms with Crippen LogP contribution >= 0.6 is 0 Å². The Morgan fingerprint density at radius 2 is 2.14 bits per heavy atom. The number of likely N-dealkylation sites (N-methyl/N-ethyl adjacent to an activating group) is 1. The quantitative estimate of drug-likeness (QED) is 0.746. The van der Waals surface area contributed by atoms with Crippen LogP contribution in [0.4, 0.5) is 0 Å². The minimum Gasteiger partial charge on any atom is -0.376 e. The lowest BCUT2D eigenvalue weighted by Gasteiger charge is -2.38. The number of rotatable bonds is 4. The van der Waals surface area contributed by atoms with Crippen molar-refractivity contribution in [3.63, 3.8) is 0 Å². The van der Waals surface area contributed by atoms with E-state index in [4.69, 9.17) is 4.74 Å². The van der Waals surface area contributed by atoms with Gasteiger partial charge in [-0.3, -0.25) is 0 Å². The third-order valence-corrected chi connectivity index (χ3v) is 3.90. The first-order chi connectivity index (χ1) is 6.83. The van der Waals surface area contributed by atoms with Crippen LogP contribution in [0.3, 0.4) is 0 Å². The zero-order chi connectivity index (χ0) is 9.97. The molecule has 0 aromatic heterocycles. The first-order valence-corrected chi connectivity index (χ1v) is 6.18. The highest BCUT2D eigenvalue weighted by molar-refractivity contribution is 4.92. The Morgan fingerprint density at radius 3 is 2.57 bits per heavy atom. The lowest BCUT2D eigenvalue weighted by atomic mass is 9.75. The van der Waals surface area contributed by atoms with E-state index < -0.39 is 0 Å². The Hall–Kier alpha value is -0.0800. The topological polar surface area (TPSA) is 21.3 Å². The highest BCUT2D eigenvalue weighted by Crippen LogP contribution is 2.35. The molecule has 0 spiro atoms. The fraction of sp³-hybridized carbons (Fsp3) is 1.00. The van der Waals surface area contributed by atoms with Gasteiger partial charge in [0, 0.05) is 12.6 Å². The number of nitrogens with one attached hydrogen (secondary N) is 1. The van der Waals surface area contributed by atoms with E-state index in [0.717, 1.165) is 25.0 Å². The molecule has 2 heteroatoms. The Bertz CT molecular complexity index is 179. The van der Waals surface area contributed by atoms with Crippen LogP contribution in [-0.4, -0.2) is 25.3 Å². The van der Waals surface area contributed by atoms with E-state index in [0.29, 0.717) is 12.1 Å². The molecule has 2 aliphatic rings. The van der Waals surface area contributed by atoms with Gasteiger partial charge in [-0.1, -0.05) is 20.3 Å². The summed E-state index contributed by atoms with van der Waals surface area (Å²) in [6.07, 6.45) is 5.97. The van der Waals surface area contributed by atoms with Gasteiger partial charge in [-0.25, -0.2) is 0 Å². The Morgan fingerprint density at radius 1 is 1.36 bits per heavy atom. The summed E-state index contributed by atoms with van der Waals surface area (Å²) >= 11 is 0. The molecule has 1 aliphatic heterocycles. The summed E-state index contributed by atoms with van der Waals surface area (Å²) in [5.74, 6) is 1.64. The maximum atomic E-state index is 5.87. The van der Waals surface area contributed by atoms with Crippen molar-refractivity contribution >= 4 is 0 Å². The third-order valence-electron chi connectivity index (χ3n) is 3.90. The van der Waals surface area contributed by atoms with Crippen molar-refractivity contribution in [3.05, 3.63) is 0 Å². The summed E-state index contributed by atoms with van der Waals surface area (Å²) in [6.45, 7) is 6.58. The minimum atomic E-state index is 0.486. The molecule has 1 saturated heterocycles. The fourth-order valence-corrected chi connectivity index (χ4v) is 2.76. The average molecular weight is 197 g/mol. The van der Waals surface area contributed by atoms with Crippen LogP contribution in [0.15, 0.2) is 0 Å². The largest absolute Gasteiger partial charge is 0.376 e. The number of ether oxygens (including phenoxy) is 1. The van der Waals surface area contributed by atoms with Crippen molar-refractivity contribution in [1.29, 1.82) is 0 Å². The van der Waals surface area contributed by atoms with E-state index >= 15 is 0 Å². The van der Waals surface area contributed by atoms with Gasteiger partial charge in [-0.2, -0.15) is 0 Å². The fourth-order valence-electron chi connectivity index (χ4n) is 2.76. The summed E-state index contributed by atoms with van der Waals surface area (Å²) in [4.78, 5) is 0. The second-order valence-electron chi connectivity index (χ2n) is 4.88. The van der Waals surface area contributed by atoms with Crippen molar-refractivity contribution < 1.29 is 4.74 Å². The molecular formula is C12H23NO. The molecule has 2 fully saturated rings. The first-order valence-electron chi connectivity index (χ1n) is 6.18. The highest BCUT2D eigenvalue weighted by Gasteiger charge is 2.38. The van der Waals surface area contributed by atoms with Crippen LogP contribution in [0.1, 0.15) is 39.5 Å². The zero-order valence-corrected chi connectivity index (χ0v) is 9.46. The van der Waals surface area contributed by atoms with Gasteiger partial charge in [-0.15, -0.1) is 0 Å². The van der Waals surface area contributed by atoms with Crippen molar-refractivity contribution in [2.45, 2.75) is 51.7 Å². The van der Waals surface area contributed by atoms with E-state index in [2.05, 4.69) is 19.2 Å². The van der Waals surface area contributed by atoms with E-state index in [1.807, 2.05) is 0 Å². The second-order valence-corrected chi connectivity index (χ2v) is 4.88. The molecule has 3 atom stereocenters. The molecule has 0 amide bonds. The first kappa shape index (κ1) is 10.4. The van der Waals surface area contributed by atoms with E-state index in [1.54, 1.807) is 0 Å². The Labute approximate surface area is 87.4 Å². The summed E-state index contributed by atoms with van der Waals surface area (Å²) in [5, 5.41) is 3.63. The molecule has 1 aliphatic carbocycles. The molecule has 82 valence electrons. The highest BCUT2D eigenvalue weighted by atomic mass is 16.5. The predicted octanol–water partition coefficient (Wildman–Crippen LogP) is 2.19. The molecule has 1 saturated carbocycles. The zero-order valence-electron chi connectivity index (χ0n) is 9.46. The van der Waals surface area contributed by atoms with Crippen LogP contribution in [-0.2, 0) is 4.74 Å². The Kier molecular flexibility index (Phi) is 3.45. The van der Waals surface area contributed by atoms with E-state index in [9.17, 15) is 0 Å². The number of hydrogen-bond donors (Lipinski definition) is 1. The van der Waals surface area contributed by atoms with Crippen molar-refractivity contribution in [3.8, 4) is 0 Å². The normalized spacial score (nSPS) is 35.6. The lowest BCUT2D eigenvalue weighted by Crippen LogP contribution is -2.49. The van der Waals surface area contributed by atoms with Gasteiger partial charge in [0.05, 0.1) is 6.10 Å². The Balaban J connectivity index is 1.93. The van der Waals surface area contributed by atoms with Gasteiger partial charge in [-0.05, 0) is 37.6 Å². The molecule has 3 unspecified atom stereocenters. The lowest BCUT2D eigenvalue weighted by molar-refractivity contribution is 0.0249. The van der Waals surface area contributed by atoms with Crippen molar-refractivity contribution in [2.75, 3.05) is 13.2 Å². The van der Waals surface area contributed by atoms with Gasteiger partial charge in [0.2, 0.25) is 0 Å². The molecule has 0 radical (unpaired) electrons. The van der Waals surface area contributed by atoms with E-state index in [-0.39, 0.29) is 0 Å². The molecule has 0 bridgehead atoms. The minimum absolute atomic E-state index is 0.486. The van der Waals surface area contributed by atoms with Gasteiger partial charge >= 0.3 is 0 Å². The SMILES string of the molecule is CCNC(C1CCC1)C1OCCC1C. The number of hydrogen-bond acceptors (Lipinski definition) is 2. The monoisotopic (exact) mass is 197 g/mol. The standard InChI is InChI=1S/C12H23NO/c1-3-13-11(10-5-4-6-10)12-9(2)7-8-14-12/h9-13H,3-8H2,1-2H3.